The van der Waals surface area contributed by atoms with Crippen molar-refractivity contribution in [1.82, 2.24) is 19.8 Å². The fraction of sp³-hybridized carbons (Fsp3) is 0.231. The number of hydrogen-bond donors (Lipinski definition) is 0. The molecule has 2 aromatic heterocycles. The van der Waals surface area contributed by atoms with Crippen LogP contribution >= 0.6 is 11.8 Å². The second-order valence-corrected chi connectivity index (χ2v) is 9.13. The van der Waals surface area contributed by atoms with Gasteiger partial charge < -0.3 is 9.15 Å². The van der Waals surface area contributed by atoms with Crippen LogP contribution in [-0.2, 0) is 4.79 Å². The smallest absolute Gasteiger partial charge is 0.253 e. The number of ether oxygens (including phenoxy) is 1. The quantitative estimate of drug-likeness (QED) is 0.343. The highest BCUT2D eigenvalue weighted by Crippen LogP contribution is 2.34. The summed E-state index contributed by atoms with van der Waals surface area (Å²) in [5.74, 6) is 2.28. The predicted octanol–water partition coefficient (Wildman–Crippen LogP) is 4.96. The Kier molecular flexibility index (Phi) is 6.41. The molecule has 35 heavy (non-hydrogen) atoms. The van der Waals surface area contributed by atoms with Crippen LogP contribution in [-0.4, -0.2) is 44.3 Å². The van der Waals surface area contributed by atoms with Gasteiger partial charge in [-0.2, -0.15) is 5.10 Å². The first kappa shape index (κ1) is 22.9. The Morgan fingerprint density at radius 2 is 1.89 bits per heavy atom. The molecule has 0 aliphatic carbocycles. The van der Waals surface area contributed by atoms with Crippen LogP contribution in [0, 0.1) is 13.8 Å². The van der Waals surface area contributed by atoms with E-state index in [-0.39, 0.29) is 17.7 Å². The lowest BCUT2D eigenvalue weighted by Crippen LogP contribution is -2.28. The van der Waals surface area contributed by atoms with Crippen LogP contribution in [0.3, 0.4) is 0 Å². The molecule has 3 heterocycles. The molecule has 1 aliphatic rings. The van der Waals surface area contributed by atoms with Crippen molar-refractivity contribution in [2.24, 2.45) is 5.10 Å². The zero-order valence-electron chi connectivity index (χ0n) is 19.7. The highest BCUT2D eigenvalue weighted by molar-refractivity contribution is 7.99. The molecule has 9 heteroatoms. The average molecular weight is 488 g/mol. The lowest BCUT2D eigenvalue weighted by molar-refractivity contribution is -0.130. The van der Waals surface area contributed by atoms with Crippen molar-refractivity contribution in [1.29, 1.82) is 0 Å². The van der Waals surface area contributed by atoms with Crippen LogP contribution in [0.5, 0.6) is 5.75 Å². The Balaban J connectivity index is 1.38. The number of nitrogens with zero attached hydrogens (tertiary/aromatic N) is 5. The Morgan fingerprint density at radius 3 is 2.60 bits per heavy atom. The first-order valence-electron chi connectivity index (χ1n) is 11.2. The van der Waals surface area contributed by atoms with Gasteiger partial charge in [0.05, 0.1) is 30.5 Å². The van der Waals surface area contributed by atoms with E-state index in [0.29, 0.717) is 17.3 Å². The highest BCUT2D eigenvalue weighted by Gasteiger charge is 2.35. The summed E-state index contributed by atoms with van der Waals surface area (Å²) in [4.78, 5) is 13.4. The van der Waals surface area contributed by atoms with E-state index < -0.39 is 0 Å². The molecule has 1 aliphatic heterocycles. The fourth-order valence-electron chi connectivity index (χ4n) is 4.12. The second-order valence-electron chi connectivity index (χ2n) is 8.19. The van der Waals surface area contributed by atoms with Gasteiger partial charge in [0.15, 0.2) is 5.16 Å². The molecule has 0 saturated heterocycles. The van der Waals surface area contributed by atoms with Crippen LogP contribution < -0.4 is 4.74 Å². The van der Waals surface area contributed by atoms with Crippen LogP contribution in [0.25, 0.3) is 5.69 Å². The van der Waals surface area contributed by atoms with Gasteiger partial charge in [0.25, 0.3) is 5.91 Å². The first-order valence-corrected chi connectivity index (χ1v) is 12.2. The third kappa shape index (κ3) is 4.59. The van der Waals surface area contributed by atoms with Gasteiger partial charge in [-0.3, -0.25) is 9.36 Å². The van der Waals surface area contributed by atoms with E-state index in [2.05, 4.69) is 10.2 Å². The van der Waals surface area contributed by atoms with Crippen LogP contribution in [0.1, 0.15) is 35.2 Å². The zero-order valence-corrected chi connectivity index (χ0v) is 20.5. The molecule has 0 spiro atoms. The fourth-order valence-corrected chi connectivity index (χ4v) is 4.96. The number of thioether (sulfide) groups is 1. The van der Waals surface area contributed by atoms with Crippen LogP contribution in [0.2, 0.25) is 0 Å². The molecule has 1 amide bonds. The number of hydrogen-bond acceptors (Lipinski definition) is 7. The molecular formula is C26H25N5O3S. The number of amides is 1. The molecule has 0 saturated carbocycles. The summed E-state index contributed by atoms with van der Waals surface area (Å²) in [5, 5.41) is 15.5. The number of aryl methyl sites for hydroxylation is 2. The van der Waals surface area contributed by atoms with Crippen LogP contribution in [0.4, 0.5) is 0 Å². The Labute approximate surface area is 207 Å². The molecule has 0 bridgehead atoms. The Bertz CT molecular complexity index is 1360. The molecule has 0 unspecified atom stereocenters. The van der Waals surface area contributed by atoms with E-state index in [1.165, 1.54) is 16.8 Å². The summed E-state index contributed by atoms with van der Waals surface area (Å²) in [7, 11) is 1.63. The van der Waals surface area contributed by atoms with Crippen molar-refractivity contribution >= 4 is 23.4 Å². The topological polar surface area (TPSA) is 85.8 Å². The number of carbonyl (C=O) groups excluding carboxylic acids is 1. The number of benzene rings is 2. The first-order chi connectivity index (χ1) is 17.0. The van der Waals surface area contributed by atoms with E-state index in [0.717, 1.165) is 34.1 Å². The zero-order chi connectivity index (χ0) is 24.4. The van der Waals surface area contributed by atoms with E-state index >= 15 is 0 Å². The van der Waals surface area contributed by atoms with Crippen molar-refractivity contribution in [3.05, 3.63) is 89.6 Å². The standard InChI is InChI=1S/C26H25N5O3S/c1-17-7-4-5-8-22(17)30-18(2)27-28-26(30)35-16-25(32)31-23(24-9-6-14-34-24)15-21(29-31)19-10-12-20(33-3)13-11-19/h4-14,23H,15-16H2,1-3H3/t23-/m1/s1. The van der Waals surface area contributed by atoms with Gasteiger partial charge >= 0.3 is 0 Å². The van der Waals surface area contributed by atoms with Gasteiger partial charge in [0.2, 0.25) is 0 Å². The van der Waals surface area contributed by atoms with Gasteiger partial charge in [-0.1, -0.05) is 30.0 Å². The lowest BCUT2D eigenvalue weighted by Gasteiger charge is -2.19. The second kappa shape index (κ2) is 9.79. The number of para-hydroxylation sites is 1. The van der Waals surface area contributed by atoms with E-state index in [9.17, 15) is 4.79 Å². The molecule has 178 valence electrons. The Hall–Kier alpha value is -3.85. The van der Waals surface area contributed by atoms with Crippen LogP contribution in [0.15, 0.2) is 81.6 Å². The van der Waals surface area contributed by atoms with Crippen molar-refractivity contribution in [2.75, 3.05) is 12.9 Å². The maximum atomic E-state index is 13.4. The van der Waals surface area contributed by atoms with Gasteiger partial charge in [0.1, 0.15) is 23.4 Å². The molecule has 4 aromatic rings. The predicted molar refractivity (Wildman–Crippen MR) is 134 cm³/mol. The highest BCUT2D eigenvalue weighted by atomic mass is 32.2. The van der Waals surface area contributed by atoms with Gasteiger partial charge in [0, 0.05) is 6.42 Å². The summed E-state index contributed by atoms with van der Waals surface area (Å²) >= 11 is 1.35. The molecule has 0 radical (unpaired) electrons. The number of rotatable bonds is 7. The van der Waals surface area contributed by atoms with E-state index in [1.807, 2.05) is 79.1 Å². The largest absolute Gasteiger partial charge is 0.497 e. The number of methoxy groups -OCH3 is 1. The van der Waals surface area contributed by atoms with Gasteiger partial charge in [-0.25, -0.2) is 5.01 Å². The summed E-state index contributed by atoms with van der Waals surface area (Å²) < 4.78 is 12.9. The summed E-state index contributed by atoms with van der Waals surface area (Å²) in [6, 6.07) is 19.1. The molecule has 1 atom stereocenters. The maximum Gasteiger partial charge on any atom is 0.253 e. The van der Waals surface area contributed by atoms with E-state index in [4.69, 9.17) is 14.3 Å². The number of hydrazone groups is 1. The number of furan rings is 1. The molecule has 2 aromatic carbocycles. The number of aromatic nitrogens is 3. The SMILES string of the molecule is COc1ccc(C2=NN(C(=O)CSc3nnc(C)n3-c3ccccc3C)[C@@H](c3ccco3)C2)cc1. The molecule has 8 nitrogen and oxygen atoms in total. The van der Waals surface area contributed by atoms with Gasteiger partial charge in [-0.15, -0.1) is 10.2 Å². The van der Waals surface area contributed by atoms with Gasteiger partial charge in [-0.05, 0) is 67.4 Å². The number of carbonyl (C=O) groups is 1. The van der Waals surface area contributed by atoms with Crippen molar-refractivity contribution in [3.8, 4) is 11.4 Å². The molecular weight excluding hydrogens is 462 g/mol. The van der Waals surface area contributed by atoms with Crippen molar-refractivity contribution in [2.45, 2.75) is 31.5 Å². The minimum atomic E-state index is -0.300. The third-order valence-electron chi connectivity index (χ3n) is 5.94. The maximum absolute atomic E-state index is 13.4. The minimum absolute atomic E-state index is 0.128. The van der Waals surface area contributed by atoms with Crippen molar-refractivity contribution < 1.29 is 13.9 Å². The molecule has 0 fully saturated rings. The summed E-state index contributed by atoms with van der Waals surface area (Å²) in [6.45, 7) is 3.95. The average Bonchev–Trinajstić information content (AvgIpc) is 3.63. The summed E-state index contributed by atoms with van der Waals surface area (Å²) in [5.41, 5.74) is 3.88. The normalized spacial score (nSPS) is 15.3. The molecule has 0 N–H and O–H groups in total. The minimum Gasteiger partial charge on any atom is -0.497 e. The third-order valence-corrected chi connectivity index (χ3v) is 6.85. The van der Waals surface area contributed by atoms with E-state index in [1.54, 1.807) is 13.4 Å². The lowest BCUT2D eigenvalue weighted by atomic mass is 10.0. The monoisotopic (exact) mass is 487 g/mol. The summed E-state index contributed by atoms with van der Waals surface area (Å²) in [6.07, 6.45) is 2.18. The molecule has 5 rings (SSSR count). The Morgan fingerprint density at radius 1 is 1.09 bits per heavy atom. The van der Waals surface area contributed by atoms with Crippen molar-refractivity contribution in [3.63, 3.8) is 0 Å².